The van der Waals surface area contributed by atoms with Crippen molar-refractivity contribution in [2.24, 2.45) is 5.92 Å². The molecule has 1 aliphatic rings. The van der Waals surface area contributed by atoms with Crippen LogP contribution in [0, 0.1) is 5.92 Å². The van der Waals surface area contributed by atoms with Gasteiger partial charge in [0.1, 0.15) is 0 Å². The number of fused-ring (bicyclic) bond motifs is 1. The lowest BCUT2D eigenvalue weighted by atomic mass is 9.85. The van der Waals surface area contributed by atoms with E-state index in [9.17, 15) is 0 Å². The number of benzene rings is 1. The molecule has 0 saturated heterocycles. The first kappa shape index (κ1) is 14.2. The van der Waals surface area contributed by atoms with Crippen LogP contribution in [0.25, 0.3) is 0 Å². The van der Waals surface area contributed by atoms with Gasteiger partial charge in [-0.2, -0.15) is 0 Å². The lowest BCUT2D eigenvalue weighted by molar-refractivity contribution is 0.174. The van der Waals surface area contributed by atoms with E-state index in [-0.39, 0.29) is 0 Å². The number of hydrogen-bond donors (Lipinski definition) is 0. The molecule has 1 heterocycles. The summed E-state index contributed by atoms with van der Waals surface area (Å²) in [6.45, 7) is 7.29. The van der Waals surface area contributed by atoms with Crippen molar-refractivity contribution in [3.63, 3.8) is 0 Å². The molecule has 0 fully saturated rings. The molecular formula is C17H26O2. The van der Waals surface area contributed by atoms with Crippen molar-refractivity contribution < 1.29 is 9.47 Å². The summed E-state index contributed by atoms with van der Waals surface area (Å²) in [5.74, 6) is 3.24. The zero-order valence-corrected chi connectivity index (χ0v) is 12.4. The Bertz CT molecular complexity index is 400. The van der Waals surface area contributed by atoms with E-state index in [1.54, 1.807) is 0 Å². The first-order chi connectivity index (χ1) is 9.24. The second-order valence-corrected chi connectivity index (χ2v) is 5.70. The molecule has 0 bridgehead atoms. The maximum Gasteiger partial charge on any atom is 0.231 e. The Balaban J connectivity index is 2.00. The normalized spacial score (nSPS) is 16.4. The molecule has 2 atom stereocenters. The van der Waals surface area contributed by atoms with E-state index in [4.69, 9.17) is 9.47 Å². The van der Waals surface area contributed by atoms with E-state index in [1.165, 1.54) is 37.7 Å². The molecule has 19 heavy (non-hydrogen) atoms. The maximum absolute atomic E-state index is 5.48. The van der Waals surface area contributed by atoms with Crippen molar-refractivity contribution in [3.05, 3.63) is 23.8 Å². The van der Waals surface area contributed by atoms with E-state index < -0.39 is 0 Å². The van der Waals surface area contributed by atoms with Gasteiger partial charge in [0.2, 0.25) is 6.79 Å². The van der Waals surface area contributed by atoms with Crippen LogP contribution in [0.3, 0.4) is 0 Å². The highest BCUT2D eigenvalue weighted by atomic mass is 16.7. The quantitative estimate of drug-likeness (QED) is 0.678. The van der Waals surface area contributed by atoms with Gasteiger partial charge >= 0.3 is 0 Å². The van der Waals surface area contributed by atoms with Crippen LogP contribution >= 0.6 is 0 Å². The number of unbranched alkanes of at least 4 members (excludes halogenated alkanes) is 1. The minimum Gasteiger partial charge on any atom is -0.454 e. The van der Waals surface area contributed by atoms with Crippen molar-refractivity contribution in [1.29, 1.82) is 0 Å². The summed E-state index contributed by atoms with van der Waals surface area (Å²) in [4.78, 5) is 0. The third-order valence-corrected chi connectivity index (χ3v) is 4.10. The van der Waals surface area contributed by atoms with E-state index in [2.05, 4.69) is 39.0 Å². The molecule has 1 aromatic rings. The lowest BCUT2D eigenvalue weighted by Gasteiger charge is -2.20. The highest BCUT2D eigenvalue weighted by Crippen LogP contribution is 2.37. The van der Waals surface area contributed by atoms with Crippen LogP contribution in [0.4, 0.5) is 0 Å². The molecule has 1 aromatic carbocycles. The number of hydrogen-bond acceptors (Lipinski definition) is 2. The number of ether oxygens (including phenoxy) is 2. The largest absolute Gasteiger partial charge is 0.454 e. The first-order valence-electron chi connectivity index (χ1n) is 7.64. The van der Waals surface area contributed by atoms with Gasteiger partial charge in [-0.25, -0.2) is 0 Å². The molecule has 2 rings (SSSR count). The highest BCUT2D eigenvalue weighted by molar-refractivity contribution is 5.45. The van der Waals surface area contributed by atoms with Crippen LogP contribution in [0.5, 0.6) is 11.5 Å². The van der Waals surface area contributed by atoms with Crippen LogP contribution in [-0.4, -0.2) is 6.79 Å². The Morgan fingerprint density at radius 2 is 1.95 bits per heavy atom. The molecule has 0 N–H and O–H groups in total. The van der Waals surface area contributed by atoms with Crippen molar-refractivity contribution in [3.8, 4) is 11.5 Å². The standard InChI is InChI=1S/C17H26O2/c1-4-6-7-13(3)10-14(5-2)15-8-9-16-17(11-15)19-12-18-16/h8-9,11,13-14H,4-7,10,12H2,1-3H3. The topological polar surface area (TPSA) is 18.5 Å². The van der Waals surface area contributed by atoms with Gasteiger partial charge in [-0.3, -0.25) is 0 Å². The average Bonchev–Trinajstić information content (AvgIpc) is 2.89. The summed E-state index contributed by atoms with van der Waals surface area (Å²) in [7, 11) is 0. The molecule has 0 radical (unpaired) electrons. The SMILES string of the molecule is CCCCC(C)CC(CC)c1ccc2c(c1)OCO2. The van der Waals surface area contributed by atoms with Gasteiger partial charge in [0.15, 0.2) is 11.5 Å². The third-order valence-electron chi connectivity index (χ3n) is 4.10. The molecule has 2 unspecified atom stereocenters. The Labute approximate surface area is 117 Å². The zero-order chi connectivity index (χ0) is 13.7. The van der Waals surface area contributed by atoms with Gasteiger partial charge in [-0.15, -0.1) is 0 Å². The van der Waals surface area contributed by atoms with E-state index in [0.29, 0.717) is 12.7 Å². The predicted molar refractivity (Wildman–Crippen MR) is 78.9 cm³/mol. The van der Waals surface area contributed by atoms with Gasteiger partial charge in [-0.1, -0.05) is 46.1 Å². The van der Waals surface area contributed by atoms with Crippen LogP contribution in [0.15, 0.2) is 18.2 Å². The third kappa shape index (κ3) is 3.65. The maximum atomic E-state index is 5.48. The Kier molecular flexibility index (Phi) is 5.12. The van der Waals surface area contributed by atoms with Gasteiger partial charge in [0, 0.05) is 0 Å². The van der Waals surface area contributed by atoms with E-state index >= 15 is 0 Å². The number of rotatable bonds is 7. The smallest absolute Gasteiger partial charge is 0.231 e. The van der Waals surface area contributed by atoms with E-state index in [1.807, 2.05) is 0 Å². The fraction of sp³-hybridized carbons (Fsp3) is 0.647. The minimum atomic E-state index is 0.364. The van der Waals surface area contributed by atoms with Crippen LogP contribution in [0.2, 0.25) is 0 Å². The van der Waals surface area contributed by atoms with Crippen molar-refractivity contribution in [1.82, 2.24) is 0 Å². The molecule has 106 valence electrons. The van der Waals surface area contributed by atoms with Gasteiger partial charge < -0.3 is 9.47 Å². The molecule has 2 nitrogen and oxygen atoms in total. The zero-order valence-electron chi connectivity index (χ0n) is 12.4. The van der Waals surface area contributed by atoms with Crippen LogP contribution in [-0.2, 0) is 0 Å². The summed E-state index contributed by atoms with van der Waals surface area (Å²) >= 11 is 0. The molecular weight excluding hydrogens is 236 g/mol. The van der Waals surface area contributed by atoms with Gasteiger partial charge in [-0.05, 0) is 42.4 Å². The second kappa shape index (κ2) is 6.83. The summed E-state index contributed by atoms with van der Waals surface area (Å²) < 4.78 is 10.9. The Hall–Kier alpha value is -1.18. The Morgan fingerprint density at radius 3 is 2.68 bits per heavy atom. The fourth-order valence-electron chi connectivity index (χ4n) is 2.86. The van der Waals surface area contributed by atoms with Gasteiger partial charge in [0.25, 0.3) is 0 Å². The molecule has 0 amide bonds. The van der Waals surface area contributed by atoms with Crippen molar-refractivity contribution in [2.75, 3.05) is 6.79 Å². The molecule has 1 aliphatic heterocycles. The van der Waals surface area contributed by atoms with Crippen LogP contribution < -0.4 is 9.47 Å². The lowest BCUT2D eigenvalue weighted by Crippen LogP contribution is -2.04. The predicted octanol–water partition coefficient (Wildman–Crippen LogP) is 5.13. The van der Waals surface area contributed by atoms with Crippen molar-refractivity contribution in [2.45, 2.75) is 58.8 Å². The molecule has 0 saturated carbocycles. The fourth-order valence-corrected chi connectivity index (χ4v) is 2.86. The first-order valence-corrected chi connectivity index (χ1v) is 7.64. The summed E-state index contributed by atoms with van der Waals surface area (Å²) in [6.07, 6.45) is 6.45. The van der Waals surface area contributed by atoms with E-state index in [0.717, 1.165) is 17.4 Å². The molecule has 0 aliphatic carbocycles. The summed E-state index contributed by atoms with van der Waals surface area (Å²) in [6, 6.07) is 6.42. The molecule has 0 spiro atoms. The summed E-state index contributed by atoms with van der Waals surface area (Å²) in [5, 5.41) is 0. The van der Waals surface area contributed by atoms with Crippen molar-refractivity contribution >= 4 is 0 Å². The monoisotopic (exact) mass is 262 g/mol. The minimum absolute atomic E-state index is 0.364. The average molecular weight is 262 g/mol. The molecule has 0 aromatic heterocycles. The Morgan fingerprint density at radius 1 is 1.16 bits per heavy atom. The summed E-state index contributed by atoms with van der Waals surface area (Å²) in [5.41, 5.74) is 1.40. The molecule has 2 heteroatoms. The highest BCUT2D eigenvalue weighted by Gasteiger charge is 2.18. The van der Waals surface area contributed by atoms with Gasteiger partial charge in [0.05, 0.1) is 0 Å². The van der Waals surface area contributed by atoms with Crippen LogP contribution in [0.1, 0.15) is 64.4 Å². The second-order valence-electron chi connectivity index (χ2n) is 5.70.